The number of aromatic nitrogens is 2. The SMILES string of the molecule is CCNc1cc(C)nc(N2CCN(c3cccc(F)c3C#N)CC2)n1. The lowest BCUT2D eigenvalue weighted by Gasteiger charge is -2.36. The second kappa shape index (κ2) is 7.34. The maximum absolute atomic E-state index is 13.8. The molecule has 1 N–H and O–H groups in total. The van der Waals surface area contributed by atoms with E-state index in [-0.39, 0.29) is 5.56 Å². The van der Waals surface area contributed by atoms with Gasteiger partial charge in [0.25, 0.3) is 0 Å². The third kappa shape index (κ3) is 3.63. The number of nitrogens with zero attached hydrogens (tertiary/aromatic N) is 5. The number of anilines is 3. The predicted octanol–water partition coefficient (Wildman–Crippen LogP) is 2.55. The second-order valence-corrected chi connectivity index (χ2v) is 5.94. The summed E-state index contributed by atoms with van der Waals surface area (Å²) in [5.41, 5.74) is 1.68. The summed E-state index contributed by atoms with van der Waals surface area (Å²) in [4.78, 5) is 13.3. The molecule has 1 aliphatic heterocycles. The topological polar surface area (TPSA) is 68.1 Å². The van der Waals surface area contributed by atoms with Crippen molar-refractivity contribution in [1.29, 1.82) is 5.26 Å². The van der Waals surface area contributed by atoms with Gasteiger partial charge in [0.1, 0.15) is 23.3 Å². The van der Waals surface area contributed by atoms with Gasteiger partial charge in [0.05, 0.1) is 5.69 Å². The van der Waals surface area contributed by atoms with E-state index in [9.17, 15) is 9.65 Å². The van der Waals surface area contributed by atoms with Gasteiger partial charge in [0.2, 0.25) is 5.95 Å². The van der Waals surface area contributed by atoms with Gasteiger partial charge in [-0.25, -0.2) is 9.37 Å². The lowest BCUT2D eigenvalue weighted by atomic mass is 10.1. The van der Waals surface area contributed by atoms with Crippen molar-refractivity contribution < 1.29 is 4.39 Å². The standard InChI is InChI=1S/C18H21FN6/c1-3-21-17-11-13(2)22-18(23-17)25-9-7-24(8-10-25)16-6-4-5-15(19)14(16)12-20/h4-6,11H,3,7-10H2,1-2H3,(H,21,22,23). The summed E-state index contributed by atoms with van der Waals surface area (Å²) in [6, 6.07) is 8.65. The van der Waals surface area contributed by atoms with Gasteiger partial charge in [-0.3, -0.25) is 0 Å². The van der Waals surface area contributed by atoms with E-state index in [0.29, 0.717) is 24.7 Å². The highest BCUT2D eigenvalue weighted by molar-refractivity contribution is 5.60. The van der Waals surface area contributed by atoms with Crippen molar-refractivity contribution in [1.82, 2.24) is 9.97 Å². The quantitative estimate of drug-likeness (QED) is 0.922. The van der Waals surface area contributed by atoms with E-state index < -0.39 is 5.82 Å². The van der Waals surface area contributed by atoms with E-state index >= 15 is 0 Å². The largest absolute Gasteiger partial charge is 0.370 e. The second-order valence-electron chi connectivity index (χ2n) is 5.94. The molecule has 1 saturated heterocycles. The maximum Gasteiger partial charge on any atom is 0.227 e. The number of benzene rings is 1. The summed E-state index contributed by atoms with van der Waals surface area (Å²) in [6.45, 7) is 7.60. The minimum atomic E-state index is -0.472. The van der Waals surface area contributed by atoms with Gasteiger partial charge in [-0.1, -0.05) is 6.07 Å². The molecule has 25 heavy (non-hydrogen) atoms. The van der Waals surface area contributed by atoms with Crippen molar-refractivity contribution in [3.05, 3.63) is 41.3 Å². The molecule has 0 atom stereocenters. The van der Waals surface area contributed by atoms with Crippen LogP contribution in [0.15, 0.2) is 24.3 Å². The number of hydrogen-bond donors (Lipinski definition) is 1. The molecule has 2 heterocycles. The molecule has 0 bridgehead atoms. The number of halogens is 1. The van der Waals surface area contributed by atoms with Crippen molar-refractivity contribution in [3.63, 3.8) is 0 Å². The van der Waals surface area contributed by atoms with Gasteiger partial charge in [0.15, 0.2) is 0 Å². The van der Waals surface area contributed by atoms with Gasteiger partial charge >= 0.3 is 0 Å². The molecule has 0 amide bonds. The normalized spacial score (nSPS) is 14.3. The van der Waals surface area contributed by atoms with Crippen molar-refractivity contribution in [2.75, 3.05) is 47.8 Å². The molecule has 1 fully saturated rings. The Kier molecular flexibility index (Phi) is 4.98. The number of aryl methyl sites for hydroxylation is 1. The first-order chi connectivity index (χ1) is 12.1. The summed E-state index contributed by atoms with van der Waals surface area (Å²) >= 11 is 0. The van der Waals surface area contributed by atoms with Crippen LogP contribution < -0.4 is 15.1 Å². The molecule has 0 spiro atoms. The van der Waals surface area contributed by atoms with Crippen LogP contribution in [-0.2, 0) is 0 Å². The Morgan fingerprint density at radius 2 is 1.92 bits per heavy atom. The summed E-state index contributed by atoms with van der Waals surface area (Å²) in [6.07, 6.45) is 0. The fourth-order valence-corrected chi connectivity index (χ4v) is 3.00. The molecule has 1 aliphatic rings. The molecule has 130 valence electrons. The van der Waals surface area contributed by atoms with E-state index in [1.165, 1.54) is 6.07 Å². The number of rotatable bonds is 4. The van der Waals surface area contributed by atoms with Crippen molar-refractivity contribution >= 4 is 17.5 Å². The third-order valence-corrected chi connectivity index (χ3v) is 4.21. The zero-order valence-corrected chi connectivity index (χ0v) is 14.5. The molecule has 1 aromatic carbocycles. The molecule has 6 nitrogen and oxygen atoms in total. The Balaban J connectivity index is 1.75. The highest BCUT2D eigenvalue weighted by Crippen LogP contribution is 2.24. The van der Waals surface area contributed by atoms with Crippen LogP contribution in [0.4, 0.5) is 21.8 Å². The first-order valence-electron chi connectivity index (χ1n) is 8.40. The van der Waals surface area contributed by atoms with E-state index in [0.717, 1.165) is 31.1 Å². The van der Waals surface area contributed by atoms with Crippen LogP contribution in [0.5, 0.6) is 0 Å². The Bertz CT molecular complexity index is 793. The maximum atomic E-state index is 13.8. The van der Waals surface area contributed by atoms with Crippen LogP contribution in [-0.4, -0.2) is 42.7 Å². The van der Waals surface area contributed by atoms with Gasteiger partial charge in [-0.2, -0.15) is 10.2 Å². The van der Waals surface area contributed by atoms with E-state index in [4.69, 9.17) is 0 Å². The molecular weight excluding hydrogens is 319 g/mol. The molecule has 0 saturated carbocycles. The summed E-state index contributed by atoms with van der Waals surface area (Å²) < 4.78 is 13.8. The fraction of sp³-hybridized carbons (Fsp3) is 0.389. The zero-order chi connectivity index (χ0) is 17.8. The first kappa shape index (κ1) is 17.0. The van der Waals surface area contributed by atoms with Gasteiger partial charge in [0, 0.05) is 44.5 Å². The van der Waals surface area contributed by atoms with Crippen LogP contribution in [0.1, 0.15) is 18.2 Å². The Hall–Kier alpha value is -2.88. The summed E-state index contributed by atoms with van der Waals surface area (Å²) in [5, 5.41) is 12.4. The van der Waals surface area contributed by atoms with Crippen molar-refractivity contribution in [2.24, 2.45) is 0 Å². The van der Waals surface area contributed by atoms with E-state index in [2.05, 4.69) is 20.2 Å². The average molecular weight is 340 g/mol. The van der Waals surface area contributed by atoms with E-state index in [1.807, 2.05) is 30.9 Å². The van der Waals surface area contributed by atoms with Crippen LogP contribution in [0.3, 0.4) is 0 Å². The van der Waals surface area contributed by atoms with Crippen LogP contribution in [0.2, 0.25) is 0 Å². The minimum Gasteiger partial charge on any atom is -0.370 e. The van der Waals surface area contributed by atoms with E-state index in [1.54, 1.807) is 12.1 Å². The zero-order valence-electron chi connectivity index (χ0n) is 14.5. The third-order valence-electron chi connectivity index (χ3n) is 4.21. The molecule has 3 rings (SSSR count). The Morgan fingerprint density at radius 1 is 1.20 bits per heavy atom. The number of nitriles is 1. The molecule has 2 aromatic rings. The van der Waals surface area contributed by atoms with Gasteiger partial charge in [-0.05, 0) is 26.0 Å². The summed E-state index contributed by atoms with van der Waals surface area (Å²) in [5.74, 6) is 1.06. The molecule has 0 radical (unpaired) electrons. The average Bonchev–Trinajstić information content (AvgIpc) is 2.61. The molecule has 1 aromatic heterocycles. The Morgan fingerprint density at radius 3 is 2.60 bits per heavy atom. The van der Waals surface area contributed by atoms with Crippen LogP contribution >= 0.6 is 0 Å². The number of hydrogen-bond acceptors (Lipinski definition) is 6. The number of piperazine rings is 1. The fourth-order valence-electron chi connectivity index (χ4n) is 3.00. The smallest absolute Gasteiger partial charge is 0.227 e. The predicted molar refractivity (Wildman–Crippen MR) is 96.5 cm³/mol. The lowest BCUT2D eigenvalue weighted by Crippen LogP contribution is -2.47. The minimum absolute atomic E-state index is 0.109. The number of nitrogens with one attached hydrogen (secondary N) is 1. The Labute approximate surface area is 146 Å². The van der Waals surface area contributed by atoms with Crippen LogP contribution in [0.25, 0.3) is 0 Å². The van der Waals surface area contributed by atoms with Crippen molar-refractivity contribution in [2.45, 2.75) is 13.8 Å². The monoisotopic (exact) mass is 340 g/mol. The molecule has 0 unspecified atom stereocenters. The molecule has 7 heteroatoms. The molecular formula is C18H21FN6. The van der Waals surface area contributed by atoms with Gasteiger partial charge < -0.3 is 15.1 Å². The highest BCUT2D eigenvalue weighted by Gasteiger charge is 2.22. The van der Waals surface area contributed by atoms with Crippen LogP contribution in [0, 0.1) is 24.1 Å². The lowest BCUT2D eigenvalue weighted by molar-refractivity contribution is 0.613. The van der Waals surface area contributed by atoms with Gasteiger partial charge in [-0.15, -0.1) is 0 Å². The van der Waals surface area contributed by atoms with Crippen molar-refractivity contribution in [3.8, 4) is 6.07 Å². The highest BCUT2D eigenvalue weighted by atomic mass is 19.1. The molecule has 0 aliphatic carbocycles. The summed E-state index contributed by atoms with van der Waals surface area (Å²) in [7, 11) is 0. The first-order valence-corrected chi connectivity index (χ1v) is 8.40.